The van der Waals surface area contributed by atoms with E-state index in [1.807, 2.05) is 0 Å². The van der Waals surface area contributed by atoms with E-state index in [0.29, 0.717) is 25.0 Å². The Labute approximate surface area is 84.4 Å². The quantitative estimate of drug-likeness (QED) is 0.270. The Kier molecular flexibility index (Phi) is 6.37. The molecule has 0 saturated carbocycles. The maximum absolute atomic E-state index is 11.1. The monoisotopic (exact) mass is 196 g/mol. The van der Waals surface area contributed by atoms with Gasteiger partial charge >= 0.3 is 5.97 Å². The van der Waals surface area contributed by atoms with Crippen molar-refractivity contribution in [1.29, 1.82) is 0 Å². The lowest BCUT2D eigenvalue weighted by atomic mass is 9.98. The van der Waals surface area contributed by atoms with Gasteiger partial charge in [0, 0.05) is 11.5 Å². The van der Waals surface area contributed by atoms with E-state index in [-0.39, 0.29) is 5.92 Å². The molecule has 0 bridgehead atoms. The molecule has 0 saturated heterocycles. The van der Waals surface area contributed by atoms with E-state index in [9.17, 15) is 9.59 Å². The summed E-state index contributed by atoms with van der Waals surface area (Å²) in [6.07, 6.45) is 3.36. The number of allylic oxidation sites excluding steroid dienone is 1. The number of carbonyl (C=O) groups excluding carboxylic acids is 2. The van der Waals surface area contributed by atoms with Gasteiger partial charge in [-0.15, -0.1) is 6.58 Å². The third-order valence-corrected chi connectivity index (χ3v) is 1.73. The van der Waals surface area contributed by atoms with Crippen LogP contribution in [0.3, 0.4) is 0 Å². The van der Waals surface area contributed by atoms with Gasteiger partial charge in [-0.05, 0) is 19.8 Å². The van der Waals surface area contributed by atoms with Crippen molar-refractivity contribution in [3.8, 4) is 0 Å². The number of carbonyl (C=O) groups is 2. The second-order valence-electron chi connectivity index (χ2n) is 2.95. The predicted octanol–water partition coefficient (Wildman–Crippen LogP) is 1.89. The fourth-order valence-electron chi connectivity index (χ4n) is 1.03. The molecule has 0 N–H and O–H groups in total. The smallest absolute Gasteiger partial charge is 0.333 e. The summed E-state index contributed by atoms with van der Waals surface area (Å²) in [7, 11) is 0. The van der Waals surface area contributed by atoms with Crippen molar-refractivity contribution in [3.05, 3.63) is 24.8 Å². The molecule has 0 aliphatic heterocycles. The van der Waals surface area contributed by atoms with Crippen molar-refractivity contribution in [2.24, 2.45) is 5.92 Å². The minimum Gasteiger partial charge on any atom is -0.463 e. The number of aldehydes is 1. The first-order valence-corrected chi connectivity index (χ1v) is 4.56. The number of hydrogen-bond donors (Lipinski definition) is 0. The van der Waals surface area contributed by atoms with Crippen LogP contribution in [0.1, 0.15) is 19.8 Å². The minimum absolute atomic E-state index is 0.218. The molecule has 0 unspecified atom stereocenters. The van der Waals surface area contributed by atoms with Gasteiger partial charge in [0.15, 0.2) is 0 Å². The second-order valence-corrected chi connectivity index (χ2v) is 2.95. The van der Waals surface area contributed by atoms with E-state index in [2.05, 4.69) is 13.2 Å². The Morgan fingerprint density at radius 1 is 1.57 bits per heavy atom. The van der Waals surface area contributed by atoms with E-state index in [1.165, 1.54) is 0 Å². The van der Waals surface area contributed by atoms with E-state index in [4.69, 9.17) is 4.74 Å². The van der Waals surface area contributed by atoms with Gasteiger partial charge in [-0.25, -0.2) is 4.79 Å². The Balaban J connectivity index is 4.07. The summed E-state index contributed by atoms with van der Waals surface area (Å²) < 4.78 is 4.75. The zero-order chi connectivity index (χ0) is 11.0. The van der Waals surface area contributed by atoms with Crippen molar-refractivity contribution in [1.82, 2.24) is 0 Å². The summed E-state index contributed by atoms with van der Waals surface area (Å²) in [4.78, 5) is 21.7. The SMILES string of the molecule is C=CC[C@@H](C=O)CC(=C)C(=O)OCC. The largest absolute Gasteiger partial charge is 0.463 e. The molecule has 0 heterocycles. The van der Waals surface area contributed by atoms with Gasteiger partial charge in [-0.3, -0.25) is 0 Å². The molecule has 0 fully saturated rings. The summed E-state index contributed by atoms with van der Waals surface area (Å²) in [5.41, 5.74) is 0.339. The van der Waals surface area contributed by atoms with Crippen LogP contribution in [0.4, 0.5) is 0 Å². The molecule has 0 aromatic carbocycles. The second kappa shape index (κ2) is 7.06. The van der Waals surface area contributed by atoms with E-state index in [1.54, 1.807) is 13.0 Å². The lowest BCUT2D eigenvalue weighted by Crippen LogP contribution is -2.11. The van der Waals surface area contributed by atoms with Crippen LogP contribution in [-0.2, 0) is 14.3 Å². The summed E-state index contributed by atoms with van der Waals surface area (Å²) in [6, 6.07) is 0. The van der Waals surface area contributed by atoms with Crippen LogP contribution in [0.5, 0.6) is 0 Å². The van der Waals surface area contributed by atoms with Crippen LogP contribution in [0, 0.1) is 5.92 Å². The Bertz CT molecular complexity index is 231. The van der Waals surface area contributed by atoms with Gasteiger partial charge in [0.05, 0.1) is 6.61 Å². The normalized spacial score (nSPS) is 11.5. The minimum atomic E-state index is -0.427. The van der Waals surface area contributed by atoms with Gasteiger partial charge in [0.2, 0.25) is 0 Å². The molecule has 3 heteroatoms. The Morgan fingerprint density at radius 3 is 2.64 bits per heavy atom. The van der Waals surface area contributed by atoms with Crippen LogP contribution < -0.4 is 0 Å². The lowest BCUT2D eigenvalue weighted by Gasteiger charge is -2.08. The predicted molar refractivity (Wildman–Crippen MR) is 54.8 cm³/mol. The highest BCUT2D eigenvalue weighted by molar-refractivity contribution is 5.88. The summed E-state index contributed by atoms with van der Waals surface area (Å²) in [5.74, 6) is -0.646. The Hall–Kier alpha value is -1.38. The first-order chi connectivity index (χ1) is 6.65. The standard InChI is InChI=1S/C11H16O3/c1-4-6-10(8-12)7-9(3)11(13)14-5-2/h4,8,10H,1,3,5-7H2,2H3/t10-/m1/s1. The Morgan fingerprint density at radius 2 is 2.21 bits per heavy atom. The number of rotatable bonds is 7. The molecule has 3 nitrogen and oxygen atoms in total. The first-order valence-electron chi connectivity index (χ1n) is 4.56. The maximum Gasteiger partial charge on any atom is 0.333 e. The summed E-state index contributed by atoms with van der Waals surface area (Å²) in [6.45, 7) is 9.16. The molecule has 0 rings (SSSR count). The average molecular weight is 196 g/mol. The fraction of sp³-hybridized carbons (Fsp3) is 0.455. The van der Waals surface area contributed by atoms with Gasteiger partial charge in [-0.2, -0.15) is 0 Å². The van der Waals surface area contributed by atoms with E-state index >= 15 is 0 Å². The molecule has 0 aromatic rings. The molecule has 78 valence electrons. The van der Waals surface area contributed by atoms with E-state index < -0.39 is 5.97 Å². The topological polar surface area (TPSA) is 43.4 Å². The molecular formula is C11H16O3. The fourth-order valence-corrected chi connectivity index (χ4v) is 1.03. The maximum atomic E-state index is 11.1. The third kappa shape index (κ3) is 4.60. The van der Waals surface area contributed by atoms with E-state index in [0.717, 1.165) is 6.29 Å². The molecule has 0 amide bonds. The molecule has 14 heavy (non-hydrogen) atoms. The van der Waals surface area contributed by atoms with Crippen LogP contribution in [0.25, 0.3) is 0 Å². The summed E-state index contributed by atoms with van der Waals surface area (Å²) >= 11 is 0. The van der Waals surface area contributed by atoms with Crippen molar-refractivity contribution in [2.75, 3.05) is 6.61 Å². The molecule has 0 aromatic heterocycles. The van der Waals surface area contributed by atoms with Crippen LogP contribution in [0.2, 0.25) is 0 Å². The van der Waals surface area contributed by atoms with Crippen molar-refractivity contribution >= 4 is 12.3 Å². The summed E-state index contributed by atoms with van der Waals surface area (Å²) in [5, 5.41) is 0. The van der Waals surface area contributed by atoms with Crippen LogP contribution >= 0.6 is 0 Å². The average Bonchev–Trinajstić information content (AvgIpc) is 2.17. The highest BCUT2D eigenvalue weighted by atomic mass is 16.5. The zero-order valence-electron chi connectivity index (χ0n) is 8.49. The highest BCUT2D eigenvalue weighted by Gasteiger charge is 2.13. The van der Waals surface area contributed by atoms with Crippen LogP contribution in [-0.4, -0.2) is 18.9 Å². The zero-order valence-corrected chi connectivity index (χ0v) is 8.49. The highest BCUT2D eigenvalue weighted by Crippen LogP contribution is 2.13. The molecular weight excluding hydrogens is 180 g/mol. The molecule has 0 radical (unpaired) electrons. The molecule has 1 atom stereocenters. The molecule has 0 aliphatic carbocycles. The molecule has 0 spiro atoms. The molecule has 0 aliphatic rings. The first kappa shape index (κ1) is 12.6. The number of hydrogen-bond acceptors (Lipinski definition) is 3. The lowest BCUT2D eigenvalue weighted by molar-refractivity contribution is -0.138. The van der Waals surface area contributed by atoms with Gasteiger partial charge < -0.3 is 9.53 Å². The van der Waals surface area contributed by atoms with Gasteiger partial charge in [0.1, 0.15) is 6.29 Å². The number of esters is 1. The third-order valence-electron chi connectivity index (χ3n) is 1.73. The van der Waals surface area contributed by atoms with Crippen molar-refractivity contribution < 1.29 is 14.3 Å². The van der Waals surface area contributed by atoms with Crippen molar-refractivity contribution in [3.63, 3.8) is 0 Å². The number of ether oxygens (including phenoxy) is 1. The van der Waals surface area contributed by atoms with Crippen LogP contribution in [0.15, 0.2) is 24.8 Å². The van der Waals surface area contributed by atoms with Crippen molar-refractivity contribution in [2.45, 2.75) is 19.8 Å². The van der Waals surface area contributed by atoms with Gasteiger partial charge in [-0.1, -0.05) is 12.7 Å². The van der Waals surface area contributed by atoms with Gasteiger partial charge in [0.25, 0.3) is 0 Å².